The van der Waals surface area contributed by atoms with Crippen molar-refractivity contribution in [2.45, 2.75) is 59.3 Å². The number of rotatable bonds is 9. The highest BCUT2D eigenvalue weighted by atomic mass is 32.1. The second-order valence-corrected chi connectivity index (χ2v) is 12.0. The van der Waals surface area contributed by atoms with Gasteiger partial charge in [0, 0.05) is 46.4 Å². The molecule has 3 atom stereocenters. The van der Waals surface area contributed by atoms with Crippen LogP contribution in [0.3, 0.4) is 0 Å². The first kappa shape index (κ1) is 27.6. The highest BCUT2D eigenvalue weighted by Gasteiger charge is 2.34. The number of Topliss-reactive ketones (excluding diaryl/α,β-unsaturated/α-hetero) is 2. The molecule has 37 heavy (non-hydrogen) atoms. The fourth-order valence-corrected chi connectivity index (χ4v) is 6.98. The number of piperidine rings is 2. The number of ketones is 2. The van der Waals surface area contributed by atoms with Crippen molar-refractivity contribution in [1.82, 2.24) is 14.8 Å². The summed E-state index contributed by atoms with van der Waals surface area (Å²) in [7, 11) is 0. The van der Waals surface area contributed by atoms with E-state index in [1.807, 2.05) is 24.0 Å². The van der Waals surface area contributed by atoms with Crippen LogP contribution in [0.1, 0.15) is 65.5 Å². The number of aryl methyl sites for hydroxylation is 1. The van der Waals surface area contributed by atoms with Crippen molar-refractivity contribution in [2.75, 3.05) is 32.7 Å². The van der Waals surface area contributed by atoms with Crippen LogP contribution in [-0.4, -0.2) is 65.0 Å². The van der Waals surface area contributed by atoms with Crippen molar-refractivity contribution in [3.8, 4) is 0 Å². The number of aromatic nitrogens is 1. The smallest absolute Gasteiger partial charge is 0.219 e. The summed E-state index contributed by atoms with van der Waals surface area (Å²) in [5.74, 6) is 0.992. The second-order valence-electron chi connectivity index (χ2n) is 10.9. The maximum Gasteiger partial charge on any atom is 0.219 e. The first-order valence-corrected chi connectivity index (χ1v) is 14.2. The van der Waals surface area contributed by atoms with Crippen LogP contribution in [0, 0.1) is 30.5 Å². The van der Waals surface area contributed by atoms with Crippen LogP contribution in [0.15, 0.2) is 24.3 Å². The lowest BCUT2D eigenvalue weighted by molar-refractivity contribution is -0.133. The molecule has 0 N–H and O–H groups in total. The molecule has 0 spiro atoms. The number of benzene rings is 1. The predicted molar refractivity (Wildman–Crippen MR) is 143 cm³/mol. The van der Waals surface area contributed by atoms with Crippen LogP contribution in [0.5, 0.6) is 0 Å². The summed E-state index contributed by atoms with van der Waals surface area (Å²) in [6.45, 7) is 9.31. The molecule has 8 heteroatoms. The quantitative estimate of drug-likeness (QED) is 0.441. The summed E-state index contributed by atoms with van der Waals surface area (Å²) in [4.78, 5) is 46.5. The average Bonchev–Trinajstić information content (AvgIpc) is 3.21. The normalized spacial score (nSPS) is 22.7. The van der Waals surface area contributed by atoms with Crippen molar-refractivity contribution < 1.29 is 18.8 Å². The molecule has 1 aromatic carbocycles. The van der Waals surface area contributed by atoms with Gasteiger partial charge < -0.3 is 9.80 Å². The number of likely N-dealkylation sites (tertiary alicyclic amines) is 2. The first-order chi connectivity index (χ1) is 17.7. The van der Waals surface area contributed by atoms with E-state index in [1.54, 1.807) is 6.92 Å². The maximum atomic E-state index is 13.3. The lowest BCUT2D eigenvalue weighted by Gasteiger charge is -2.42. The third kappa shape index (κ3) is 7.54. The van der Waals surface area contributed by atoms with Crippen LogP contribution in [0.2, 0.25) is 0 Å². The summed E-state index contributed by atoms with van der Waals surface area (Å²) in [5, 5.41) is 0.697. The molecule has 2 fully saturated rings. The number of hydrogen-bond acceptors (Lipinski definition) is 6. The number of amides is 1. The zero-order valence-corrected chi connectivity index (χ0v) is 23.0. The van der Waals surface area contributed by atoms with E-state index in [2.05, 4.69) is 9.88 Å². The molecule has 2 aliphatic rings. The highest BCUT2D eigenvalue weighted by Crippen LogP contribution is 2.31. The third-order valence-electron chi connectivity index (χ3n) is 7.87. The Morgan fingerprint density at radius 1 is 1.05 bits per heavy atom. The molecular formula is C29H38FN3O3S. The van der Waals surface area contributed by atoms with E-state index in [-0.39, 0.29) is 35.6 Å². The molecule has 3 heterocycles. The Bertz CT molecular complexity index is 1120. The number of hydrogen-bond donors (Lipinski definition) is 0. The van der Waals surface area contributed by atoms with Gasteiger partial charge in [-0.3, -0.25) is 14.4 Å². The molecule has 0 aliphatic carbocycles. The number of thiazole rings is 1. The van der Waals surface area contributed by atoms with Gasteiger partial charge in [-0.15, -0.1) is 11.3 Å². The van der Waals surface area contributed by atoms with Gasteiger partial charge in [-0.25, -0.2) is 9.37 Å². The van der Waals surface area contributed by atoms with Gasteiger partial charge in [-0.05, 0) is 74.6 Å². The Hall–Kier alpha value is -2.45. The number of nitrogens with zero attached hydrogens (tertiary/aromatic N) is 3. The molecule has 2 aromatic rings. The highest BCUT2D eigenvalue weighted by molar-refractivity contribution is 7.13. The number of carbonyl (C=O) groups is 3. The van der Waals surface area contributed by atoms with Crippen molar-refractivity contribution >= 4 is 28.8 Å². The van der Waals surface area contributed by atoms with Crippen molar-refractivity contribution in [2.24, 2.45) is 17.8 Å². The summed E-state index contributed by atoms with van der Waals surface area (Å²) >= 11 is 1.32. The predicted octanol–water partition coefficient (Wildman–Crippen LogP) is 4.73. The topological polar surface area (TPSA) is 70.6 Å². The lowest BCUT2D eigenvalue weighted by Crippen LogP contribution is -2.48. The Labute approximate surface area is 223 Å². The van der Waals surface area contributed by atoms with Crippen LogP contribution in [0.25, 0.3) is 0 Å². The molecule has 0 bridgehead atoms. The van der Waals surface area contributed by atoms with Gasteiger partial charge in [-0.2, -0.15) is 0 Å². The van der Waals surface area contributed by atoms with Crippen LogP contribution in [-0.2, 0) is 22.4 Å². The molecule has 4 rings (SSSR count). The SMILES string of the molecule is CC(=O)c1sc(CC(=O)C[C@@H]2CN(C(C)=O)CC[C@H]2CN2CCC[C@@H](Cc3ccc(F)cc3)C2)nc1C. The Morgan fingerprint density at radius 2 is 1.81 bits per heavy atom. The van der Waals surface area contributed by atoms with Crippen LogP contribution in [0.4, 0.5) is 4.39 Å². The zero-order valence-electron chi connectivity index (χ0n) is 22.2. The van der Waals surface area contributed by atoms with Gasteiger partial charge >= 0.3 is 0 Å². The fraction of sp³-hybridized carbons (Fsp3) is 0.586. The largest absolute Gasteiger partial charge is 0.343 e. The van der Waals surface area contributed by atoms with Gasteiger partial charge in [0.05, 0.1) is 17.0 Å². The molecular weight excluding hydrogens is 489 g/mol. The first-order valence-electron chi connectivity index (χ1n) is 13.4. The standard InChI is InChI=1S/C29H38FN3O3S/c1-19-29(20(2)34)37-28(31-19)15-27(36)14-25-18-33(21(3)35)12-10-24(25)17-32-11-4-5-23(16-32)13-22-6-8-26(30)9-7-22/h6-9,23-25H,4-5,10-18H2,1-3H3/t23-,24-,25+/m0/s1. The number of halogens is 1. The molecule has 0 saturated carbocycles. The Kier molecular flexibility index (Phi) is 9.24. The van der Waals surface area contributed by atoms with E-state index in [4.69, 9.17) is 0 Å². The molecule has 200 valence electrons. The summed E-state index contributed by atoms with van der Waals surface area (Å²) in [6.07, 6.45) is 4.84. The van der Waals surface area contributed by atoms with Crippen molar-refractivity contribution in [1.29, 1.82) is 0 Å². The Balaban J connectivity index is 1.37. The van der Waals surface area contributed by atoms with Crippen LogP contribution >= 0.6 is 11.3 Å². The van der Waals surface area contributed by atoms with Crippen LogP contribution < -0.4 is 0 Å². The molecule has 0 radical (unpaired) electrons. The van der Waals surface area contributed by atoms with E-state index in [0.29, 0.717) is 40.4 Å². The molecule has 1 aromatic heterocycles. The van der Waals surface area contributed by atoms with Crippen molar-refractivity contribution in [3.63, 3.8) is 0 Å². The second kappa shape index (κ2) is 12.4. The molecule has 1 amide bonds. The molecule has 2 aliphatic heterocycles. The van der Waals surface area contributed by atoms with Gasteiger partial charge in [0.25, 0.3) is 0 Å². The molecule has 2 saturated heterocycles. The minimum atomic E-state index is -0.198. The Morgan fingerprint density at radius 3 is 2.49 bits per heavy atom. The number of carbonyl (C=O) groups excluding carboxylic acids is 3. The fourth-order valence-electron chi connectivity index (χ4n) is 6.00. The minimum Gasteiger partial charge on any atom is -0.343 e. The van der Waals surface area contributed by atoms with E-state index >= 15 is 0 Å². The minimum absolute atomic E-state index is 0.0163. The zero-order chi connectivity index (χ0) is 26.5. The lowest BCUT2D eigenvalue weighted by atomic mass is 9.80. The van der Waals surface area contributed by atoms with E-state index in [9.17, 15) is 18.8 Å². The van der Waals surface area contributed by atoms with E-state index in [0.717, 1.165) is 45.4 Å². The van der Waals surface area contributed by atoms with E-state index < -0.39 is 0 Å². The monoisotopic (exact) mass is 527 g/mol. The molecule has 0 unspecified atom stereocenters. The third-order valence-corrected chi connectivity index (χ3v) is 9.13. The van der Waals surface area contributed by atoms with E-state index in [1.165, 1.54) is 42.4 Å². The average molecular weight is 528 g/mol. The van der Waals surface area contributed by atoms with Gasteiger partial charge in [0.2, 0.25) is 5.91 Å². The van der Waals surface area contributed by atoms with Gasteiger partial charge in [-0.1, -0.05) is 12.1 Å². The summed E-state index contributed by atoms with van der Waals surface area (Å²) in [6, 6.07) is 6.84. The maximum absolute atomic E-state index is 13.3. The van der Waals surface area contributed by atoms with Crippen molar-refractivity contribution in [3.05, 3.63) is 51.2 Å². The van der Waals surface area contributed by atoms with Gasteiger partial charge in [0.1, 0.15) is 16.6 Å². The summed E-state index contributed by atoms with van der Waals surface area (Å²) < 4.78 is 13.3. The van der Waals surface area contributed by atoms with Gasteiger partial charge in [0.15, 0.2) is 5.78 Å². The summed E-state index contributed by atoms with van der Waals surface area (Å²) in [5.41, 5.74) is 1.87. The molecule has 6 nitrogen and oxygen atoms in total.